The zero-order valence-electron chi connectivity index (χ0n) is 9.15. The van der Waals surface area contributed by atoms with Gasteiger partial charge < -0.3 is 9.84 Å². The minimum atomic E-state index is -0.0190. The van der Waals surface area contributed by atoms with Gasteiger partial charge in [-0.05, 0) is 22.4 Å². The lowest BCUT2D eigenvalue weighted by molar-refractivity contribution is 0.0956. The smallest absolute Gasteiger partial charge is 0.182 e. The predicted molar refractivity (Wildman–Crippen MR) is 62.5 cm³/mol. The van der Waals surface area contributed by atoms with E-state index in [0.29, 0.717) is 36.2 Å². The van der Waals surface area contributed by atoms with Gasteiger partial charge in [0.1, 0.15) is 5.69 Å². The van der Waals surface area contributed by atoms with Gasteiger partial charge >= 0.3 is 0 Å². The lowest BCUT2D eigenvalue weighted by Crippen LogP contribution is -2.14. The van der Waals surface area contributed by atoms with Gasteiger partial charge in [-0.25, -0.2) is 0 Å². The van der Waals surface area contributed by atoms with Crippen molar-refractivity contribution < 1.29 is 14.6 Å². The van der Waals surface area contributed by atoms with Gasteiger partial charge in [0, 0.05) is 20.1 Å². The van der Waals surface area contributed by atoms with E-state index in [1.54, 1.807) is 18.0 Å². The second-order valence-electron chi connectivity index (χ2n) is 3.31. The fourth-order valence-electron chi connectivity index (χ4n) is 1.34. The molecule has 6 heteroatoms. The first-order chi connectivity index (χ1) is 7.70. The monoisotopic (exact) mass is 290 g/mol. The van der Waals surface area contributed by atoms with E-state index in [0.717, 1.165) is 0 Å². The number of nitrogens with zero attached hydrogens (tertiary/aromatic N) is 2. The maximum atomic E-state index is 11.8. The van der Waals surface area contributed by atoms with E-state index >= 15 is 0 Å². The Morgan fingerprint density at radius 1 is 1.69 bits per heavy atom. The molecule has 90 valence electrons. The average Bonchev–Trinajstić information content (AvgIpc) is 2.64. The molecule has 0 aliphatic heterocycles. The molecule has 0 bridgehead atoms. The normalized spacial score (nSPS) is 10.7. The van der Waals surface area contributed by atoms with Crippen LogP contribution in [0.25, 0.3) is 0 Å². The van der Waals surface area contributed by atoms with E-state index in [2.05, 4.69) is 21.0 Å². The highest BCUT2D eigenvalue weighted by molar-refractivity contribution is 9.10. The number of ketones is 1. The number of methoxy groups -OCH3 is 1. The average molecular weight is 291 g/mol. The molecule has 1 N–H and O–H groups in total. The molecular formula is C10H15BrN2O3. The first-order valence-corrected chi connectivity index (χ1v) is 5.84. The summed E-state index contributed by atoms with van der Waals surface area (Å²) in [5, 5.41) is 12.8. The van der Waals surface area contributed by atoms with Crippen LogP contribution < -0.4 is 0 Å². The summed E-state index contributed by atoms with van der Waals surface area (Å²) in [6.45, 7) is 1.08. The molecule has 0 saturated carbocycles. The number of ether oxygens (including phenoxy) is 1. The summed E-state index contributed by atoms with van der Waals surface area (Å²) in [6.07, 6.45) is 2.40. The van der Waals surface area contributed by atoms with E-state index in [9.17, 15) is 4.79 Å². The highest BCUT2D eigenvalue weighted by atomic mass is 79.9. The van der Waals surface area contributed by atoms with Crippen LogP contribution in [0.2, 0.25) is 0 Å². The first-order valence-electron chi connectivity index (χ1n) is 5.05. The second-order valence-corrected chi connectivity index (χ2v) is 4.16. The molecule has 1 heterocycles. The Balaban J connectivity index is 2.75. The van der Waals surface area contributed by atoms with Crippen LogP contribution >= 0.6 is 15.9 Å². The molecule has 0 spiro atoms. The molecule has 0 aliphatic rings. The number of halogens is 1. The van der Waals surface area contributed by atoms with Crippen molar-refractivity contribution in [2.45, 2.75) is 19.4 Å². The van der Waals surface area contributed by atoms with Gasteiger partial charge in [-0.1, -0.05) is 0 Å². The molecule has 0 fully saturated rings. The van der Waals surface area contributed by atoms with Gasteiger partial charge in [0.15, 0.2) is 5.78 Å². The van der Waals surface area contributed by atoms with E-state index < -0.39 is 0 Å². The quantitative estimate of drug-likeness (QED) is 0.768. The minimum Gasteiger partial charge on any atom is -0.396 e. The largest absolute Gasteiger partial charge is 0.396 e. The third kappa shape index (κ3) is 3.40. The third-order valence-electron chi connectivity index (χ3n) is 2.13. The van der Waals surface area contributed by atoms with Gasteiger partial charge in [-0.15, -0.1) is 0 Å². The number of rotatable bonds is 7. The van der Waals surface area contributed by atoms with Crippen LogP contribution in [0.5, 0.6) is 0 Å². The molecule has 0 aromatic carbocycles. The Bertz CT molecular complexity index is 352. The molecule has 5 nitrogen and oxygen atoms in total. The van der Waals surface area contributed by atoms with Crippen LogP contribution in [-0.4, -0.2) is 41.0 Å². The maximum absolute atomic E-state index is 11.8. The Labute approximate surface area is 103 Å². The fourth-order valence-corrected chi connectivity index (χ4v) is 1.86. The standard InChI is InChI=1S/C10H15BrN2O3/c1-16-6-4-13-10(8(11)7-12-13)9(15)3-2-5-14/h7,14H,2-6H2,1H3. The van der Waals surface area contributed by atoms with Crippen LogP contribution in [0.3, 0.4) is 0 Å². The van der Waals surface area contributed by atoms with E-state index in [-0.39, 0.29) is 12.4 Å². The maximum Gasteiger partial charge on any atom is 0.182 e. The second kappa shape index (κ2) is 6.78. The Morgan fingerprint density at radius 3 is 3.06 bits per heavy atom. The topological polar surface area (TPSA) is 64.4 Å². The van der Waals surface area contributed by atoms with Gasteiger partial charge in [-0.3, -0.25) is 9.48 Å². The van der Waals surface area contributed by atoms with Crippen molar-refractivity contribution in [1.29, 1.82) is 0 Å². The van der Waals surface area contributed by atoms with Crippen LogP contribution in [0.1, 0.15) is 23.3 Å². The predicted octanol–water partition coefficient (Wildman–Crippen LogP) is 1.25. The first kappa shape index (κ1) is 13.3. The lowest BCUT2D eigenvalue weighted by atomic mass is 10.2. The zero-order chi connectivity index (χ0) is 12.0. The Kier molecular flexibility index (Phi) is 5.65. The number of aliphatic hydroxyl groups excluding tert-OH is 1. The van der Waals surface area contributed by atoms with Crippen LogP contribution in [0, 0.1) is 0 Å². The van der Waals surface area contributed by atoms with E-state index in [1.807, 2.05) is 0 Å². The summed E-state index contributed by atoms with van der Waals surface area (Å²) in [5.74, 6) is -0.0190. The number of carbonyl (C=O) groups is 1. The zero-order valence-corrected chi connectivity index (χ0v) is 10.7. The van der Waals surface area contributed by atoms with E-state index in [1.165, 1.54) is 0 Å². The van der Waals surface area contributed by atoms with Crippen LogP contribution in [0.4, 0.5) is 0 Å². The SMILES string of the molecule is COCCn1ncc(Br)c1C(=O)CCCO. The van der Waals surface area contributed by atoms with Gasteiger partial charge in [0.05, 0.1) is 23.8 Å². The van der Waals surface area contributed by atoms with Crippen molar-refractivity contribution in [3.05, 3.63) is 16.4 Å². The van der Waals surface area contributed by atoms with Gasteiger partial charge in [0.25, 0.3) is 0 Å². The summed E-state index contributed by atoms with van der Waals surface area (Å²) in [4.78, 5) is 11.8. The molecule has 0 unspecified atom stereocenters. The summed E-state index contributed by atoms with van der Waals surface area (Å²) >= 11 is 3.29. The number of carbonyl (C=O) groups excluding carboxylic acids is 1. The summed E-state index contributed by atoms with van der Waals surface area (Å²) in [6, 6.07) is 0. The summed E-state index contributed by atoms with van der Waals surface area (Å²) in [5.41, 5.74) is 0.547. The summed E-state index contributed by atoms with van der Waals surface area (Å²) < 4.78 is 7.25. The molecule has 16 heavy (non-hydrogen) atoms. The highest BCUT2D eigenvalue weighted by Crippen LogP contribution is 2.18. The molecule has 1 aromatic heterocycles. The molecule has 0 saturated heterocycles. The fraction of sp³-hybridized carbons (Fsp3) is 0.600. The molecule has 0 amide bonds. The molecule has 0 aliphatic carbocycles. The van der Waals surface area contributed by atoms with Crippen molar-refractivity contribution in [2.24, 2.45) is 0 Å². The lowest BCUT2D eigenvalue weighted by Gasteiger charge is -2.06. The third-order valence-corrected chi connectivity index (χ3v) is 2.71. The molecule has 0 radical (unpaired) electrons. The van der Waals surface area contributed by atoms with Crippen LogP contribution in [0.15, 0.2) is 10.7 Å². The molecule has 0 atom stereocenters. The molecular weight excluding hydrogens is 276 g/mol. The number of hydrogen-bond acceptors (Lipinski definition) is 4. The Hall–Kier alpha value is -0.720. The van der Waals surface area contributed by atoms with Crippen molar-refractivity contribution >= 4 is 21.7 Å². The highest BCUT2D eigenvalue weighted by Gasteiger charge is 2.16. The summed E-state index contributed by atoms with van der Waals surface area (Å²) in [7, 11) is 1.60. The van der Waals surface area contributed by atoms with Gasteiger partial charge in [0.2, 0.25) is 0 Å². The Morgan fingerprint density at radius 2 is 2.44 bits per heavy atom. The number of aromatic nitrogens is 2. The molecule has 1 rings (SSSR count). The van der Waals surface area contributed by atoms with Gasteiger partial charge in [-0.2, -0.15) is 5.10 Å². The minimum absolute atomic E-state index is 0.0190. The van der Waals surface area contributed by atoms with E-state index in [4.69, 9.17) is 9.84 Å². The van der Waals surface area contributed by atoms with Crippen molar-refractivity contribution in [1.82, 2.24) is 9.78 Å². The van der Waals surface area contributed by atoms with Crippen molar-refractivity contribution in [3.63, 3.8) is 0 Å². The number of Topliss-reactive ketones (excluding diaryl/α,β-unsaturated/α-hetero) is 1. The number of hydrogen-bond donors (Lipinski definition) is 1. The number of aliphatic hydroxyl groups is 1. The molecule has 1 aromatic rings. The van der Waals surface area contributed by atoms with Crippen LogP contribution in [-0.2, 0) is 11.3 Å². The van der Waals surface area contributed by atoms with Crippen molar-refractivity contribution in [3.8, 4) is 0 Å². The van der Waals surface area contributed by atoms with Crippen molar-refractivity contribution in [2.75, 3.05) is 20.3 Å².